The summed E-state index contributed by atoms with van der Waals surface area (Å²) in [4.78, 5) is 14.6. The molecule has 0 saturated carbocycles. The summed E-state index contributed by atoms with van der Waals surface area (Å²) in [7, 11) is 1.62. The third-order valence-corrected chi connectivity index (χ3v) is 4.88. The monoisotopic (exact) mass is 339 g/mol. The summed E-state index contributed by atoms with van der Waals surface area (Å²) < 4.78 is 6.01. The zero-order valence-electron chi connectivity index (χ0n) is 12.4. The van der Waals surface area contributed by atoms with E-state index in [0.29, 0.717) is 12.5 Å². The quantitative estimate of drug-likeness (QED) is 0.784. The maximum Gasteiger partial charge on any atom is 0.176 e. The van der Waals surface area contributed by atoms with Gasteiger partial charge in [0, 0.05) is 12.1 Å². The van der Waals surface area contributed by atoms with E-state index in [1.807, 2.05) is 18.2 Å². The minimum atomic E-state index is 0.176. The molecule has 20 heavy (non-hydrogen) atoms. The largest absolute Gasteiger partial charge is 0.496 e. The predicted octanol–water partition coefficient (Wildman–Crippen LogP) is 3.62. The summed E-state index contributed by atoms with van der Waals surface area (Å²) in [6.45, 7) is 7.12. The van der Waals surface area contributed by atoms with Crippen LogP contribution in [-0.2, 0) is 0 Å². The third-order valence-electron chi connectivity index (χ3n) is 4.26. The average molecular weight is 340 g/mol. The first-order valence-corrected chi connectivity index (χ1v) is 7.89. The molecule has 2 unspecified atom stereocenters. The van der Waals surface area contributed by atoms with E-state index < -0.39 is 0 Å². The Hall–Kier alpha value is -0.870. The lowest BCUT2D eigenvalue weighted by atomic mass is 9.88. The van der Waals surface area contributed by atoms with Crippen LogP contribution in [0, 0.1) is 11.8 Å². The van der Waals surface area contributed by atoms with E-state index in [9.17, 15) is 4.79 Å². The van der Waals surface area contributed by atoms with Gasteiger partial charge < -0.3 is 4.74 Å². The molecule has 110 valence electrons. The highest BCUT2D eigenvalue weighted by atomic mass is 79.9. The fourth-order valence-electron chi connectivity index (χ4n) is 2.63. The molecular weight excluding hydrogens is 318 g/mol. The Labute approximate surface area is 129 Å². The highest BCUT2D eigenvalue weighted by Gasteiger charge is 2.24. The molecule has 1 aliphatic rings. The number of carbonyl (C=O) groups excluding carboxylic acids is 1. The molecule has 4 heteroatoms. The molecule has 3 nitrogen and oxygen atoms in total. The van der Waals surface area contributed by atoms with Crippen LogP contribution in [0.25, 0.3) is 0 Å². The maximum atomic E-state index is 12.3. The van der Waals surface area contributed by atoms with Gasteiger partial charge in [-0.2, -0.15) is 0 Å². The average Bonchev–Trinajstić information content (AvgIpc) is 2.42. The van der Waals surface area contributed by atoms with Crippen molar-refractivity contribution in [1.29, 1.82) is 0 Å². The van der Waals surface area contributed by atoms with E-state index >= 15 is 0 Å². The summed E-state index contributed by atoms with van der Waals surface area (Å²) in [6, 6.07) is 5.51. The molecule has 1 saturated heterocycles. The maximum absolute atomic E-state index is 12.3. The van der Waals surface area contributed by atoms with Gasteiger partial charge in [0.15, 0.2) is 5.78 Å². The molecule has 1 aromatic carbocycles. The Morgan fingerprint density at radius 1 is 1.40 bits per heavy atom. The van der Waals surface area contributed by atoms with Crippen LogP contribution < -0.4 is 4.74 Å². The number of hydrogen-bond donors (Lipinski definition) is 0. The second kappa shape index (κ2) is 6.72. The van der Waals surface area contributed by atoms with Gasteiger partial charge in [-0.15, -0.1) is 0 Å². The first-order chi connectivity index (χ1) is 9.51. The van der Waals surface area contributed by atoms with Crippen LogP contribution in [0.3, 0.4) is 0 Å². The molecule has 0 spiro atoms. The Balaban J connectivity index is 2.00. The van der Waals surface area contributed by atoms with E-state index in [2.05, 4.69) is 34.7 Å². The Morgan fingerprint density at radius 2 is 2.15 bits per heavy atom. The SMILES string of the molecule is COc1ccc(C(=O)CN2CCC(C)C(C)C2)cc1Br. The second-order valence-corrected chi connectivity index (χ2v) is 6.61. The smallest absolute Gasteiger partial charge is 0.176 e. The summed E-state index contributed by atoms with van der Waals surface area (Å²) in [5.41, 5.74) is 0.740. The minimum absolute atomic E-state index is 0.176. The van der Waals surface area contributed by atoms with E-state index in [1.165, 1.54) is 6.42 Å². The van der Waals surface area contributed by atoms with Crippen molar-refractivity contribution in [2.45, 2.75) is 20.3 Å². The van der Waals surface area contributed by atoms with Gasteiger partial charge >= 0.3 is 0 Å². The number of Topliss-reactive ketones (excluding diaryl/α,β-unsaturated/α-hetero) is 1. The lowest BCUT2D eigenvalue weighted by molar-refractivity contribution is 0.0849. The Bertz CT molecular complexity index is 489. The highest BCUT2D eigenvalue weighted by Crippen LogP contribution is 2.26. The van der Waals surface area contributed by atoms with Gasteiger partial charge in [-0.05, 0) is 58.9 Å². The van der Waals surface area contributed by atoms with E-state index in [-0.39, 0.29) is 5.78 Å². The first kappa shape index (κ1) is 15.5. The van der Waals surface area contributed by atoms with Crippen molar-refractivity contribution in [3.63, 3.8) is 0 Å². The Kier molecular flexibility index (Phi) is 5.22. The summed E-state index contributed by atoms with van der Waals surface area (Å²) in [5.74, 6) is 2.35. The predicted molar refractivity (Wildman–Crippen MR) is 84.4 cm³/mol. The van der Waals surface area contributed by atoms with Crippen molar-refractivity contribution in [2.24, 2.45) is 11.8 Å². The lowest BCUT2D eigenvalue weighted by Crippen LogP contribution is -2.41. The molecular formula is C16H22BrNO2. The van der Waals surface area contributed by atoms with Crippen LogP contribution in [0.1, 0.15) is 30.6 Å². The van der Waals surface area contributed by atoms with Crippen molar-refractivity contribution in [1.82, 2.24) is 4.90 Å². The minimum Gasteiger partial charge on any atom is -0.496 e. The number of piperidine rings is 1. The molecule has 0 amide bonds. The van der Waals surface area contributed by atoms with Crippen molar-refractivity contribution in [3.05, 3.63) is 28.2 Å². The molecule has 2 rings (SSSR count). The fourth-order valence-corrected chi connectivity index (χ4v) is 3.17. The van der Waals surface area contributed by atoms with Crippen LogP contribution in [0.15, 0.2) is 22.7 Å². The molecule has 0 aromatic heterocycles. The van der Waals surface area contributed by atoms with Crippen LogP contribution in [0.5, 0.6) is 5.75 Å². The van der Waals surface area contributed by atoms with Crippen molar-refractivity contribution in [2.75, 3.05) is 26.7 Å². The molecule has 0 N–H and O–H groups in total. The number of ketones is 1. The number of ether oxygens (including phenoxy) is 1. The third kappa shape index (κ3) is 3.61. The van der Waals surface area contributed by atoms with Crippen LogP contribution in [0.2, 0.25) is 0 Å². The van der Waals surface area contributed by atoms with E-state index in [0.717, 1.165) is 34.8 Å². The fraction of sp³-hybridized carbons (Fsp3) is 0.562. The van der Waals surface area contributed by atoms with Gasteiger partial charge in [0.1, 0.15) is 5.75 Å². The lowest BCUT2D eigenvalue weighted by Gasteiger charge is -2.34. The van der Waals surface area contributed by atoms with E-state index in [4.69, 9.17) is 4.74 Å². The van der Waals surface area contributed by atoms with Gasteiger partial charge in [0.05, 0.1) is 18.1 Å². The number of carbonyl (C=O) groups is 1. The van der Waals surface area contributed by atoms with Gasteiger partial charge in [-0.3, -0.25) is 9.69 Å². The normalized spacial score (nSPS) is 23.6. The number of methoxy groups -OCH3 is 1. The number of halogens is 1. The molecule has 0 aliphatic carbocycles. The van der Waals surface area contributed by atoms with Crippen LogP contribution >= 0.6 is 15.9 Å². The van der Waals surface area contributed by atoms with Crippen molar-refractivity contribution < 1.29 is 9.53 Å². The second-order valence-electron chi connectivity index (χ2n) is 5.75. The summed E-state index contributed by atoms with van der Waals surface area (Å²) in [5, 5.41) is 0. The Morgan fingerprint density at radius 3 is 2.75 bits per heavy atom. The number of likely N-dealkylation sites (tertiary alicyclic amines) is 1. The topological polar surface area (TPSA) is 29.5 Å². The van der Waals surface area contributed by atoms with Crippen molar-refractivity contribution >= 4 is 21.7 Å². The van der Waals surface area contributed by atoms with E-state index in [1.54, 1.807) is 7.11 Å². The van der Waals surface area contributed by atoms with Crippen LogP contribution in [-0.4, -0.2) is 37.4 Å². The van der Waals surface area contributed by atoms with Crippen LogP contribution in [0.4, 0.5) is 0 Å². The molecule has 1 fully saturated rings. The molecule has 1 aliphatic heterocycles. The number of nitrogens with zero attached hydrogens (tertiary/aromatic N) is 1. The molecule has 0 bridgehead atoms. The highest BCUT2D eigenvalue weighted by molar-refractivity contribution is 9.10. The van der Waals surface area contributed by atoms with Gasteiger partial charge in [0.25, 0.3) is 0 Å². The number of rotatable bonds is 4. The zero-order valence-corrected chi connectivity index (χ0v) is 13.9. The first-order valence-electron chi connectivity index (χ1n) is 7.10. The summed E-state index contributed by atoms with van der Waals surface area (Å²) >= 11 is 3.43. The van der Waals surface area contributed by atoms with Gasteiger partial charge in [-0.1, -0.05) is 13.8 Å². The zero-order chi connectivity index (χ0) is 14.7. The van der Waals surface area contributed by atoms with Crippen molar-refractivity contribution in [3.8, 4) is 5.75 Å². The molecule has 1 heterocycles. The standard InChI is InChI=1S/C16H22BrNO2/c1-11-6-7-18(9-12(11)2)10-15(19)13-4-5-16(20-3)14(17)8-13/h4-5,8,11-12H,6-7,9-10H2,1-3H3. The summed E-state index contributed by atoms with van der Waals surface area (Å²) in [6.07, 6.45) is 1.18. The van der Waals surface area contributed by atoms with Gasteiger partial charge in [0.2, 0.25) is 0 Å². The molecule has 2 atom stereocenters. The molecule has 0 radical (unpaired) electrons. The number of benzene rings is 1. The number of hydrogen-bond acceptors (Lipinski definition) is 3. The molecule has 1 aromatic rings. The van der Waals surface area contributed by atoms with Gasteiger partial charge in [-0.25, -0.2) is 0 Å².